The van der Waals surface area contributed by atoms with E-state index < -0.39 is 0 Å². The van der Waals surface area contributed by atoms with Crippen molar-refractivity contribution in [3.63, 3.8) is 0 Å². The van der Waals surface area contributed by atoms with Crippen molar-refractivity contribution in [2.75, 3.05) is 0 Å². The summed E-state index contributed by atoms with van der Waals surface area (Å²) < 4.78 is 0. The molecule has 1 atom stereocenters. The Hall–Kier alpha value is -1.63. The predicted molar refractivity (Wildman–Crippen MR) is 73.6 cm³/mol. The van der Waals surface area contributed by atoms with Gasteiger partial charge in [-0.1, -0.05) is 51.3 Å². The zero-order chi connectivity index (χ0) is 12.0. The van der Waals surface area contributed by atoms with Gasteiger partial charge in [-0.3, -0.25) is 4.99 Å². The van der Waals surface area contributed by atoms with Gasteiger partial charge in [-0.2, -0.15) is 0 Å². The molecule has 0 fully saturated rings. The molecule has 0 amide bonds. The highest BCUT2D eigenvalue weighted by atomic mass is 14.7. The highest BCUT2D eigenvalue weighted by Crippen LogP contribution is 2.27. The van der Waals surface area contributed by atoms with Crippen molar-refractivity contribution in [2.45, 2.75) is 26.2 Å². The van der Waals surface area contributed by atoms with Gasteiger partial charge < -0.3 is 0 Å². The zero-order valence-corrected chi connectivity index (χ0v) is 10.1. The quantitative estimate of drug-likeness (QED) is 0.627. The Kier molecular flexibility index (Phi) is 4.71. The molecule has 0 bridgehead atoms. The lowest BCUT2D eigenvalue weighted by molar-refractivity contribution is 0.734. The monoisotopic (exact) mass is 213 g/mol. The molecule has 0 heterocycles. The van der Waals surface area contributed by atoms with Gasteiger partial charge in [-0.25, -0.2) is 0 Å². The van der Waals surface area contributed by atoms with Crippen molar-refractivity contribution in [3.05, 3.63) is 48.6 Å². The Morgan fingerprint density at radius 2 is 2.12 bits per heavy atom. The summed E-state index contributed by atoms with van der Waals surface area (Å²) in [6.07, 6.45) is 6.36. The van der Waals surface area contributed by atoms with Crippen molar-refractivity contribution in [1.82, 2.24) is 0 Å². The molecule has 0 spiro atoms. The van der Waals surface area contributed by atoms with E-state index in [0.29, 0.717) is 5.92 Å². The minimum Gasteiger partial charge on any atom is -0.256 e. The third-order valence-corrected chi connectivity index (χ3v) is 2.77. The normalized spacial score (nSPS) is 12.6. The van der Waals surface area contributed by atoms with Crippen LogP contribution in [-0.2, 0) is 0 Å². The molecule has 84 valence electrons. The van der Waals surface area contributed by atoms with Crippen molar-refractivity contribution in [1.29, 1.82) is 0 Å². The molecule has 1 aromatic carbocycles. The average Bonchev–Trinajstić information content (AvgIpc) is 2.34. The van der Waals surface area contributed by atoms with Crippen molar-refractivity contribution < 1.29 is 0 Å². The maximum atomic E-state index is 4.36. The van der Waals surface area contributed by atoms with E-state index in [1.54, 1.807) is 12.3 Å². The Morgan fingerprint density at radius 1 is 1.38 bits per heavy atom. The smallest absolute Gasteiger partial charge is 0.0704 e. The molecular formula is C15H19N. The van der Waals surface area contributed by atoms with Gasteiger partial charge in [0.1, 0.15) is 0 Å². The third-order valence-electron chi connectivity index (χ3n) is 2.77. The third kappa shape index (κ3) is 2.93. The van der Waals surface area contributed by atoms with Crippen LogP contribution in [0.4, 0.5) is 5.69 Å². The summed E-state index contributed by atoms with van der Waals surface area (Å²) in [6.45, 7) is 11.8. The number of nitrogens with zero attached hydrogens (tertiary/aromatic N) is 1. The van der Waals surface area contributed by atoms with E-state index in [1.807, 2.05) is 6.08 Å². The first kappa shape index (κ1) is 12.4. The molecule has 0 aliphatic carbocycles. The molecular weight excluding hydrogens is 194 g/mol. The first-order valence-corrected chi connectivity index (χ1v) is 5.64. The fourth-order valence-corrected chi connectivity index (χ4v) is 1.52. The first-order chi connectivity index (χ1) is 7.72. The van der Waals surface area contributed by atoms with Gasteiger partial charge in [0, 0.05) is 6.21 Å². The van der Waals surface area contributed by atoms with Gasteiger partial charge in [-0.05, 0) is 29.5 Å². The van der Waals surface area contributed by atoms with Crippen LogP contribution in [0.15, 0.2) is 42.4 Å². The van der Waals surface area contributed by atoms with Gasteiger partial charge in [0.25, 0.3) is 0 Å². The predicted octanol–water partition coefficient (Wildman–Crippen LogP) is 4.73. The molecule has 0 N–H and O–H groups in total. The molecule has 0 aromatic heterocycles. The Balaban J connectivity index is 3.15. The molecule has 1 unspecified atom stereocenters. The lowest BCUT2D eigenvalue weighted by atomic mass is 9.96. The molecule has 1 rings (SSSR count). The van der Waals surface area contributed by atoms with E-state index in [2.05, 4.69) is 50.2 Å². The Labute approximate surface area is 98.2 Å². The summed E-state index contributed by atoms with van der Waals surface area (Å²) in [4.78, 5) is 4.36. The van der Waals surface area contributed by atoms with Crippen molar-refractivity contribution >= 4 is 18.0 Å². The lowest BCUT2D eigenvalue weighted by Gasteiger charge is -2.10. The maximum absolute atomic E-state index is 4.36. The van der Waals surface area contributed by atoms with Crippen LogP contribution in [0, 0.1) is 0 Å². The number of hydrogen-bond acceptors (Lipinski definition) is 1. The van der Waals surface area contributed by atoms with Crippen LogP contribution in [-0.4, -0.2) is 6.21 Å². The van der Waals surface area contributed by atoms with Gasteiger partial charge in [0.05, 0.1) is 5.69 Å². The van der Waals surface area contributed by atoms with E-state index in [-0.39, 0.29) is 0 Å². The largest absolute Gasteiger partial charge is 0.256 e. The zero-order valence-electron chi connectivity index (χ0n) is 10.1. The Morgan fingerprint density at radius 3 is 2.69 bits per heavy atom. The van der Waals surface area contributed by atoms with Crippen LogP contribution in [0.25, 0.3) is 6.08 Å². The molecule has 0 aliphatic heterocycles. The van der Waals surface area contributed by atoms with Gasteiger partial charge in [0.15, 0.2) is 0 Å². The minimum atomic E-state index is 0.566. The fourth-order valence-electron chi connectivity index (χ4n) is 1.52. The SMILES string of the molecule is C=C/C=N\c1cc(C(C)CC)ccc1C=C. The molecule has 0 saturated heterocycles. The van der Waals surface area contributed by atoms with E-state index in [0.717, 1.165) is 17.7 Å². The van der Waals surface area contributed by atoms with E-state index in [4.69, 9.17) is 0 Å². The molecule has 0 saturated carbocycles. The standard InChI is InChI=1S/C15H19N/c1-5-10-16-15-11-14(12(4)6-2)9-8-13(15)7-3/h5,7-12H,1,3,6H2,2,4H3/b16-10-. The Bertz CT molecular complexity index is 402. The summed E-state index contributed by atoms with van der Waals surface area (Å²) in [6, 6.07) is 6.35. The molecule has 1 nitrogen and oxygen atoms in total. The van der Waals surface area contributed by atoms with Crippen molar-refractivity contribution in [2.24, 2.45) is 4.99 Å². The summed E-state index contributed by atoms with van der Waals surface area (Å²) in [5.41, 5.74) is 3.35. The number of benzene rings is 1. The fraction of sp³-hybridized carbons (Fsp3) is 0.267. The van der Waals surface area contributed by atoms with Gasteiger partial charge in [-0.15, -0.1) is 0 Å². The van der Waals surface area contributed by atoms with E-state index in [1.165, 1.54) is 5.56 Å². The van der Waals surface area contributed by atoms with E-state index >= 15 is 0 Å². The molecule has 0 aliphatic rings. The number of hydrogen-bond donors (Lipinski definition) is 0. The summed E-state index contributed by atoms with van der Waals surface area (Å²) in [5.74, 6) is 0.566. The molecule has 16 heavy (non-hydrogen) atoms. The van der Waals surface area contributed by atoms with Gasteiger partial charge >= 0.3 is 0 Å². The first-order valence-electron chi connectivity index (χ1n) is 5.64. The van der Waals surface area contributed by atoms with Gasteiger partial charge in [0.2, 0.25) is 0 Å². The number of rotatable bonds is 5. The summed E-state index contributed by atoms with van der Waals surface area (Å²) in [7, 11) is 0. The average molecular weight is 213 g/mol. The molecule has 1 aromatic rings. The molecule has 1 heteroatoms. The van der Waals surface area contributed by atoms with Crippen LogP contribution >= 0.6 is 0 Å². The van der Waals surface area contributed by atoms with E-state index in [9.17, 15) is 0 Å². The topological polar surface area (TPSA) is 12.4 Å². The maximum Gasteiger partial charge on any atom is 0.0704 e. The minimum absolute atomic E-state index is 0.566. The number of aliphatic imine (C=N–C) groups is 1. The van der Waals surface area contributed by atoms with Crippen molar-refractivity contribution in [3.8, 4) is 0 Å². The highest BCUT2D eigenvalue weighted by Gasteiger charge is 2.05. The van der Waals surface area contributed by atoms with Crippen LogP contribution in [0.1, 0.15) is 37.3 Å². The second-order valence-corrected chi connectivity index (χ2v) is 3.85. The second-order valence-electron chi connectivity index (χ2n) is 3.85. The summed E-state index contributed by atoms with van der Waals surface area (Å²) in [5, 5.41) is 0. The molecule has 0 radical (unpaired) electrons. The van der Waals surface area contributed by atoms with Crippen LogP contribution in [0.5, 0.6) is 0 Å². The van der Waals surface area contributed by atoms with Crippen LogP contribution in [0.3, 0.4) is 0 Å². The number of allylic oxidation sites excluding steroid dienone is 1. The summed E-state index contributed by atoms with van der Waals surface area (Å²) >= 11 is 0. The van der Waals surface area contributed by atoms with Crippen LogP contribution < -0.4 is 0 Å². The highest BCUT2D eigenvalue weighted by molar-refractivity contribution is 5.76. The second kappa shape index (κ2) is 6.06. The lowest BCUT2D eigenvalue weighted by Crippen LogP contribution is -1.91. The van der Waals surface area contributed by atoms with Crippen LogP contribution in [0.2, 0.25) is 0 Å².